The molecule has 0 radical (unpaired) electrons. The number of carbonyl (C=O) groups is 1. The molecule has 2 aromatic rings. The largest absolute Gasteiger partial charge is 0.357 e. The summed E-state index contributed by atoms with van der Waals surface area (Å²) in [5.74, 6) is 0.760. The molecule has 0 bridgehead atoms. The first-order valence-electron chi connectivity index (χ1n) is 9.00. The number of benzene rings is 2. The SMILES string of the molecule is CCNC(=NCc1cccc(C(=O)NC)c1)N(C)Cc1ccc(SC)cc1. The minimum atomic E-state index is -0.0847. The molecule has 2 aromatic carbocycles. The molecule has 0 saturated heterocycles. The lowest BCUT2D eigenvalue weighted by molar-refractivity contribution is 0.0963. The van der Waals surface area contributed by atoms with Crippen molar-refractivity contribution in [2.45, 2.75) is 24.9 Å². The average molecular weight is 385 g/mol. The van der Waals surface area contributed by atoms with Gasteiger partial charge in [-0.05, 0) is 48.6 Å². The van der Waals surface area contributed by atoms with E-state index >= 15 is 0 Å². The van der Waals surface area contributed by atoms with Gasteiger partial charge in [-0.15, -0.1) is 11.8 Å². The highest BCUT2D eigenvalue weighted by Crippen LogP contribution is 2.15. The highest BCUT2D eigenvalue weighted by molar-refractivity contribution is 7.98. The van der Waals surface area contributed by atoms with E-state index < -0.39 is 0 Å². The fourth-order valence-corrected chi connectivity index (χ4v) is 3.08. The summed E-state index contributed by atoms with van der Waals surface area (Å²) in [5, 5.41) is 5.99. The van der Waals surface area contributed by atoms with E-state index in [1.54, 1.807) is 18.8 Å². The molecule has 0 aliphatic carbocycles. The van der Waals surface area contributed by atoms with Crippen molar-refractivity contribution < 1.29 is 4.79 Å². The quantitative estimate of drug-likeness (QED) is 0.437. The van der Waals surface area contributed by atoms with Gasteiger partial charge in [0.25, 0.3) is 5.91 Å². The number of amides is 1. The van der Waals surface area contributed by atoms with Crippen molar-refractivity contribution in [1.82, 2.24) is 15.5 Å². The molecule has 5 nitrogen and oxygen atoms in total. The summed E-state index contributed by atoms with van der Waals surface area (Å²) in [7, 11) is 3.67. The second-order valence-corrected chi connectivity index (χ2v) is 7.03. The first-order chi connectivity index (χ1) is 13.1. The normalized spacial score (nSPS) is 11.2. The van der Waals surface area contributed by atoms with E-state index in [-0.39, 0.29) is 5.91 Å². The molecule has 0 aromatic heterocycles. The van der Waals surface area contributed by atoms with E-state index in [0.717, 1.165) is 24.6 Å². The van der Waals surface area contributed by atoms with Crippen LogP contribution in [0.25, 0.3) is 0 Å². The molecule has 6 heteroatoms. The molecule has 0 saturated carbocycles. The Morgan fingerprint density at radius 1 is 1.15 bits per heavy atom. The first-order valence-corrected chi connectivity index (χ1v) is 10.2. The van der Waals surface area contributed by atoms with Crippen LogP contribution in [0, 0.1) is 0 Å². The number of hydrogen-bond acceptors (Lipinski definition) is 3. The third-order valence-electron chi connectivity index (χ3n) is 4.10. The second kappa shape index (κ2) is 10.6. The van der Waals surface area contributed by atoms with Crippen molar-refractivity contribution in [3.8, 4) is 0 Å². The van der Waals surface area contributed by atoms with Crippen molar-refractivity contribution in [2.75, 3.05) is 26.9 Å². The van der Waals surface area contributed by atoms with Gasteiger partial charge in [0.15, 0.2) is 5.96 Å². The summed E-state index contributed by atoms with van der Waals surface area (Å²) in [6.07, 6.45) is 2.08. The van der Waals surface area contributed by atoms with Crippen LogP contribution in [0.2, 0.25) is 0 Å². The van der Waals surface area contributed by atoms with Crippen molar-refractivity contribution in [2.24, 2.45) is 4.99 Å². The molecule has 144 valence electrons. The second-order valence-electron chi connectivity index (χ2n) is 6.15. The van der Waals surface area contributed by atoms with Gasteiger partial charge in [-0.1, -0.05) is 24.3 Å². The number of rotatable bonds is 7. The van der Waals surface area contributed by atoms with E-state index in [1.807, 2.05) is 31.3 Å². The minimum Gasteiger partial charge on any atom is -0.357 e. The Labute approximate surface area is 166 Å². The Morgan fingerprint density at radius 2 is 1.89 bits per heavy atom. The number of thioether (sulfide) groups is 1. The molecule has 0 fully saturated rings. The van der Waals surface area contributed by atoms with Crippen LogP contribution in [0.15, 0.2) is 58.4 Å². The summed E-state index contributed by atoms with van der Waals surface area (Å²) >= 11 is 1.74. The molecule has 2 N–H and O–H groups in total. The van der Waals surface area contributed by atoms with Gasteiger partial charge in [0, 0.05) is 37.6 Å². The zero-order valence-electron chi connectivity index (χ0n) is 16.5. The van der Waals surface area contributed by atoms with E-state index in [9.17, 15) is 4.79 Å². The Hall–Kier alpha value is -2.47. The fraction of sp³-hybridized carbons (Fsp3) is 0.333. The van der Waals surface area contributed by atoms with Crippen LogP contribution < -0.4 is 10.6 Å². The molecule has 0 aliphatic heterocycles. The lowest BCUT2D eigenvalue weighted by atomic mass is 10.1. The third-order valence-corrected chi connectivity index (χ3v) is 4.85. The summed E-state index contributed by atoms with van der Waals surface area (Å²) in [4.78, 5) is 19.9. The highest BCUT2D eigenvalue weighted by atomic mass is 32.2. The van der Waals surface area contributed by atoms with Crippen molar-refractivity contribution in [3.05, 3.63) is 65.2 Å². The Kier molecular flexibility index (Phi) is 8.20. The molecule has 0 unspecified atom stereocenters. The van der Waals surface area contributed by atoms with Gasteiger partial charge in [-0.3, -0.25) is 4.79 Å². The lowest BCUT2D eigenvalue weighted by Gasteiger charge is -2.22. The Morgan fingerprint density at radius 3 is 2.52 bits per heavy atom. The summed E-state index contributed by atoms with van der Waals surface area (Å²) in [6.45, 7) is 4.15. The van der Waals surface area contributed by atoms with E-state index in [2.05, 4.69) is 53.0 Å². The Bertz CT molecular complexity index is 774. The minimum absolute atomic E-state index is 0.0847. The smallest absolute Gasteiger partial charge is 0.251 e. The standard InChI is InChI=1S/C21H28N4OS/c1-5-23-21(25(3)15-16-9-11-19(27-4)12-10-16)24-14-17-7-6-8-18(13-17)20(26)22-2/h6-13H,5,14-15H2,1-4H3,(H,22,26)(H,23,24). The van der Waals surface area contributed by atoms with Crippen LogP contribution >= 0.6 is 11.8 Å². The maximum absolute atomic E-state index is 11.8. The zero-order valence-corrected chi connectivity index (χ0v) is 17.3. The van der Waals surface area contributed by atoms with Gasteiger partial charge in [0.05, 0.1) is 6.54 Å². The first kappa shape index (κ1) is 20.8. The van der Waals surface area contributed by atoms with Crippen molar-refractivity contribution >= 4 is 23.6 Å². The number of nitrogens with zero attached hydrogens (tertiary/aromatic N) is 2. The van der Waals surface area contributed by atoms with E-state index in [1.165, 1.54) is 10.5 Å². The predicted molar refractivity (Wildman–Crippen MR) is 114 cm³/mol. The molecule has 0 aliphatic rings. The molecular weight excluding hydrogens is 356 g/mol. The number of hydrogen-bond donors (Lipinski definition) is 2. The topological polar surface area (TPSA) is 56.7 Å². The van der Waals surface area contributed by atoms with Crippen LogP contribution in [0.1, 0.15) is 28.4 Å². The van der Waals surface area contributed by atoms with E-state index in [0.29, 0.717) is 12.1 Å². The van der Waals surface area contributed by atoms with Gasteiger partial charge >= 0.3 is 0 Å². The number of guanidine groups is 1. The van der Waals surface area contributed by atoms with Gasteiger partial charge in [-0.2, -0.15) is 0 Å². The van der Waals surface area contributed by atoms with Crippen molar-refractivity contribution in [3.63, 3.8) is 0 Å². The number of carbonyl (C=O) groups excluding carboxylic acids is 1. The lowest BCUT2D eigenvalue weighted by Crippen LogP contribution is -2.38. The summed E-state index contributed by atoms with van der Waals surface area (Å²) < 4.78 is 0. The maximum Gasteiger partial charge on any atom is 0.251 e. The maximum atomic E-state index is 11.8. The van der Waals surface area contributed by atoms with Crippen LogP contribution in [-0.4, -0.2) is 43.7 Å². The molecular formula is C21H28N4OS. The average Bonchev–Trinajstić information content (AvgIpc) is 2.71. The molecule has 0 spiro atoms. The van der Waals surface area contributed by atoms with Crippen molar-refractivity contribution in [1.29, 1.82) is 0 Å². The number of nitrogens with one attached hydrogen (secondary N) is 2. The highest BCUT2D eigenvalue weighted by Gasteiger charge is 2.08. The third kappa shape index (κ3) is 6.32. The van der Waals surface area contributed by atoms with Gasteiger partial charge in [-0.25, -0.2) is 4.99 Å². The zero-order chi connectivity index (χ0) is 19.6. The molecule has 0 heterocycles. The van der Waals surface area contributed by atoms with Crippen LogP contribution in [-0.2, 0) is 13.1 Å². The number of aliphatic imine (C=N–C) groups is 1. The van der Waals surface area contributed by atoms with Gasteiger partial charge in [0.1, 0.15) is 0 Å². The Balaban J connectivity index is 2.09. The summed E-state index contributed by atoms with van der Waals surface area (Å²) in [6, 6.07) is 16.1. The van der Waals surface area contributed by atoms with Crippen LogP contribution in [0.5, 0.6) is 0 Å². The molecule has 27 heavy (non-hydrogen) atoms. The van der Waals surface area contributed by atoms with Gasteiger partial charge < -0.3 is 15.5 Å². The van der Waals surface area contributed by atoms with E-state index in [4.69, 9.17) is 4.99 Å². The fourth-order valence-electron chi connectivity index (χ4n) is 2.67. The van der Waals surface area contributed by atoms with Crippen LogP contribution in [0.3, 0.4) is 0 Å². The molecule has 2 rings (SSSR count). The molecule has 1 amide bonds. The molecule has 0 atom stereocenters. The van der Waals surface area contributed by atoms with Gasteiger partial charge in [0.2, 0.25) is 0 Å². The predicted octanol–water partition coefficient (Wildman–Crippen LogP) is 3.37. The monoisotopic (exact) mass is 384 g/mol. The van der Waals surface area contributed by atoms with Crippen LogP contribution in [0.4, 0.5) is 0 Å². The summed E-state index contributed by atoms with van der Waals surface area (Å²) in [5.41, 5.74) is 2.89.